The number of hydrogen-bond donors (Lipinski definition) is 2. The number of benzene rings is 1. The fourth-order valence-electron chi connectivity index (χ4n) is 2.42. The van der Waals surface area contributed by atoms with Crippen LogP contribution in [0.1, 0.15) is 12.8 Å². The molecule has 0 atom stereocenters. The lowest BCUT2D eigenvalue weighted by Crippen LogP contribution is -2.47. The van der Waals surface area contributed by atoms with E-state index in [0.717, 1.165) is 31.6 Å². The zero-order chi connectivity index (χ0) is 13.7. The molecule has 0 spiro atoms. The average Bonchev–Trinajstić information content (AvgIpc) is 2.43. The summed E-state index contributed by atoms with van der Waals surface area (Å²) >= 11 is 5.83. The third-order valence-corrected chi connectivity index (χ3v) is 3.82. The molecular weight excluding hydrogens is 264 g/mol. The van der Waals surface area contributed by atoms with Crippen LogP contribution in [-0.2, 0) is 9.53 Å². The van der Waals surface area contributed by atoms with E-state index in [4.69, 9.17) is 16.3 Å². The molecule has 1 aliphatic heterocycles. The number of anilines is 1. The lowest BCUT2D eigenvalue weighted by molar-refractivity contribution is -0.130. The highest BCUT2D eigenvalue weighted by Crippen LogP contribution is 2.31. The van der Waals surface area contributed by atoms with Crippen LogP contribution in [-0.4, -0.2) is 32.7 Å². The minimum atomic E-state index is -0.431. The summed E-state index contributed by atoms with van der Waals surface area (Å²) in [4.78, 5) is 12.5. The minimum absolute atomic E-state index is 0.0261. The van der Waals surface area contributed by atoms with Crippen molar-refractivity contribution in [3.8, 4) is 0 Å². The number of halogens is 1. The van der Waals surface area contributed by atoms with Crippen LogP contribution >= 0.6 is 11.6 Å². The van der Waals surface area contributed by atoms with Gasteiger partial charge in [0.2, 0.25) is 5.91 Å². The van der Waals surface area contributed by atoms with Crippen LogP contribution in [0.15, 0.2) is 24.3 Å². The molecule has 104 valence electrons. The van der Waals surface area contributed by atoms with Crippen molar-refractivity contribution in [2.45, 2.75) is 12.8 Å². The lowest BCUT2D eigenvalue weighted by atomic mass is 9.78. The summed E-state index contributed by atoms with van der Waals surface area (Å²) in [6.45, 7) is 2.14. The Labute approximate surface area is 118 Å². The van der Waals surface area contributed by atoms with Gasteiger partial charge < -0.3 is 15.4 Å². The molecule has 0 saturated carbocycles. The van der Waals surface area contributed by atoms with E-state index < -0.39 is 5.41 Å². The second-order valence-electron chi connectivity index (χ2n) is 4.92. The third kappa shape index (κ3) is 3.47. The maximum Gasteiger partial charge on any atom is 0.233 e. The van der Waals surface area contributed by atoms with Gasteiger partial charge in [-0.05, 0) is 50.2 Å². The highest BCUT2D eigenvalue weighted by atomic mass is 35.5. The van der Waals surface area contributed by atoms with E-state index in [9.17, 15) is 4.79 Å². The summed E-state index contributed by atoms with van der Waals surface area (Å²) in [7, 11) is 1.64. The zero-order valence-electron chi connectivity index (χ0n) is 11.0. The molecule has 0 bridgehead atoms. The lowest BCUT2D eigenvalue weighted by Gasteiger charge is -2.35. The van der Waals surface area contributed by atoms with Crippen LogP contribution in [0.5, 0.6) is 0 Å². The normalized spacial score (nSPS) is 18.0. The Morgan fingerprint density at radius 2 is 2.00 bits per heavy atom. The first kappa shape index (κ1) is 14.3. The molecule has 4 nitrogen and oxygen atoms in total. The van der Waals surface area contributed by atoms with Crippen molar-refractivity contribution in [2.24, 2.45) is 5.41 Å². The highest BCUT2D eigenvalue weighted by Gasteiger charge is 2.39. The Bertz CT molecular complexity index is 422. The summed E-state index contributed by atoms with van der Waals surface area (Å²) in [5.41, 5.74) is 0.336. The van der Waals surface area contributed by atoms with E-state index in [1.807, 2.05) is 12.1 Å². The fraction of sp³-hybridized carbons (Fsp3) is 0.500. The first-order valence-corrected chi connectivity index (χ1v) is 6.81. The van der Waals surface area contributed by atoms with Crippen molar-refractivity contribution in [1.82, 2.24) is 5.32 Å². The molecule has 2 rings (SSSR count). The quantitative estimate of drug-likeness (QED) is 0.891. The molecule has 1 aromatic carbocycles. The van der Waals surface area contributed by atoms with Crippen LogP contribution in [0.25, 0.3) is 0 Å². The molecule has 1 aliphatic rings. The Morgan fingerprint density at radius 1 is 1.37 bits per heavy atom. The van der Waals surface area contributed by atoms with Gasteiger partial charge in [-0.1, -0.05) is 11.6 Å². The molecule has 1 heterocycles. The number of methoxy groups -OCH3 is 1. The molecule has 1 amide bonds. The number of carbonyl (C=O) groups excluding carboxylic acids is 1. The summed E-state index contributed by atoms with van der Waals surface area (Å²) in [5, 5.41) is 6.89. The van der Waals surface area contributed by atoms with Crippen molar-refractivity contribution in [3.63, 3.8) is 0 Å². The monoisotopic (exact) mass is 282 g/mol. The summed E-state index contributed by atoms with van der Waals surface area (Å²) in [6.07, 6.45) is 1.58. The van der Waals surface area contributed by atoms with Crippen molar-refractivity contribution in [1.29, 1.82) is 0 Å². The topological polar surface area (TPSA) is 50.4 Å². The van der Waals surface area contributed by atoms with Crippen LogP contribution < -0.4 is 10.6 Å². The number of ether oxygens (including phenoxy) is 1. The number of piperidine rings is 1. The predicted octanol–water partition coefficient (Wildman–Crippen LogP) is 2.29. The molecule has 0 aromatic heterocycles. The summed E-state index contributed by atoms with van der Waals surface area (Å²) < 4.78 is 5.25. The van der Waals surface area contributed by atoms with E-state index in [1.165, 1.54) is 0 Å². The predicted molar refractivity (Wildman–Crippen MR) is 76.5 cm³/mol. The SMILES string of the molecule is COCC1(C(=O)Nc2ccc(Cl)cc2)CCNCC1. The largest absolute Gasteiger partial charge is 0.384 e. The molecule has 5 heteroatoms. The molecule has 19 heavy (non-hydrogen) atoms. The van der Waals surface area contributed by atoms with Crippen LogP contribution in [0.2, 0.25) is 5.02 Å². The third-order valence-electron chi connectivity index (χ3n) is 3.57. The first-order valence-electron chi connectivity index (χ1n) is 6.43. The molecule has 1 fully saturated rings. The van der Waals surface area contributed by atoms with Crippen molar-refractivity contribution in [2.75, 3.05) is 32.1 Å². The summed E-state index contributed by atoms with van der Waals surface area (Å²) in [6, 6.07) is 7.15. The molecule has 0 unspecified atom stereocenters. The summed E-state index contributed by atoms with van der Waals surface area (Å²) in [5.74, 6) is 0.0261. The Hall–Kier alpha value is -1.10. The molecule has 1 aromatic rings. The van der Waals surface area contributed by atoms with Crippen LogP contribution in [0.3, 0.4) is 0 Å². The van der Waals surface area contributed by atoms with Gasteiger partial charge in [0, 0.05) is 17.8 Å². The number of nitrogens with one attached hydrogen (secondary N) is 2. The number of carbonyl (C=O) groups is 1. The van der Waals surface area contributed by atoms with E-state index >= 15 is 0 Å². The van der Waals surface area contributed by atoms with E-state index in [0.29, 0.717) is 11.6 Å². The van der Waals surface area contributed by atoms with Crippen molar-refractivity contribution < 1.29 is 9.53 Å². The van der Waals surface area contributed by atoms with Crippen molar-refractivity contribution in [3.05, 3.63) is 29.3 Å². The average molecular weight is 283 g/mol. The number of rotatable bonds is 4. The maximum absolute atomic E-state index is 12.5. The van der Waals surface area contributed by atoms with Crippen LogP contribution in [0.4, 0.5) is 5.69 Å². The van der Waals surface area contributed by atoms with Gasteiger partial charge in [-0.15, -0.1) is 0 Å². The minimum Gasteiger partial charge on any atom is -0.384 e. The second-order valence-corrected chi connectivity index (χ2v) is 5.36. The van der Waals surface area contributed by atoms with Gasteiger partial charge in [-0.3, -0.25) is 4.79 Å². The molecule has 2 N–H and O–H groups in total. The fourth-order valence-corrected chi connectivity index (χ4v) is 2.54. The van der Waals surface area contributed by atoms with Crippen molar-refractivity contribution >= 4 is 23.2 Å². The first-order chi connectivity index (χ1) is 9.16. The Balaban J connectivity index is 2.09. The van der Waals surface area contributed by atoms with E-state index in [2.05, 4.69) is 10.6 Å². The van der Waals surface area contributed by atoms with Gasteiger partial charge in [-0.25, -0.2) is 0 Å². The van der Waals surface area contributed by atoms with Gasteiger partial charge in [0.15, 0.2) is 0 Å². The van der Waals surface area contributed by atoms with Gasteiger partial charge in [0.1, 0.15) is 0 Å². The number of hydrogen-bond acceptors (Lipinski definition) is 3. The molecular formula is C14H19ClN2O2. The van der Waals surface area contributed by atoms with Gasteiger partial charge in [0.25, 0.3) is 0 Å². The van der Waals surface area contributed by atoms with Gasteiger partial charge in [0.05, 0.1) is 12.0 Å². The smallest absolute Gasteiger partial charge is 0.233 e. The van der Waals surface area contributed by atoms with E-state index in [1.54, 1.807) is 19.2 Å². The molecule has 0 radical (unpaired) electrons. The Kier molecular flexibility index (Phi) is 4.80. The molecule has 0 aliphatic carbocycles. The standard InChI is InChI=1S/C14H19ClN2O2/c1-19-10-14(6-8-16-9-7-14)13(18)17-12-4-2-11(15)3-5-12/h2-5,16H,6-10H2,1H3,(H,17,18). The zero-order valence-corrected chi connectivity index (χ0v) is 11.8. The van der Waals surface area contributed by atoms with Crippen LogP contribution in [0, 0.1) is 5.41 Å². The van der Waals surface area contributed by atoms with E-state index in [-0.39, 0.29) is 5.91 Å². The Morgan fingerprint density at radius 3 is 2.58 bits per heavy atom. The number of amides is 1. The van der Waals surface area contributed by atoms with Gasteiger partial charge in [-0.2, -0.15) is 0 Å². The molecule has 1 saturated heterocycles. The second kappa shape index (κ2) is 6.37. The highest BCUT2D eigenvalue weighted by molar-refractivity contribution is 6.30. The maximum atomic E-state index is 12.5. The van der Waals surface area contributed by atoms with Gasteiger partial charge >= 0.3 is 0 Å².